The summed E-state index contributed by atoms with van der Waals surface area (Å²) in [6.45, 7) is 2.75. The number of nitrogens with two attached hydrogens (primary N) is 1. The van der Waals surface area contributed by atoms with Gasteiger partial charge >= 0.3 is 0 Å². The molecule has 0 unspecified atom stereocenters. The van der Waals surface area contributed by atoms with E-state index in [1.165, 1.54) is 12.8 Å². The number of amides is 1. The molecule has 0 atom stereocenters. The SMILES string of the molecule is Cl.Cl.NCCC(=O)NC1CCN(C2CC2)CC1. The van der Waals surface area contributed by atoms with Gasteiger partial charge in [-0.05, 0) is 25.7 Å². The summed E-state index contributed by atoms with van der Waals surface area (Å²) in [6, 6.07) is 1.25. The molecule has 1 amide bonds. The third kappa shape index (κ3) is 5.42. The van der Waals surface area contributed by atoms with Crippen molar-refractivity contribution in [3.05, 3.63) is 0 Å². The topological polar surface area (TPSA) is 58.4 Å². The van der Waals surface area contributed by atoms with Gasteiger partial charge in [0.05, 0.1) is 0 Å². The molecular weight excluding hydrogens is 261 g/mol. The van der Waals surface area contributed by atoms with Crippen LogP contribution in [-0.2, 0) is 4.79 Å². The summed E-state index contributed by atoms with van der Waals surface area (Å²) in [6.07, 6.45) is 5.43. The Hall–Kier alpha value is -0.0300. The van der Waals surface area contributed by atoms with Crippen LogP contribution in [0.1, 0.15) is 32.1 Å². The van der Waals surface area contributed by atoms with E-state index in [1.54, 1.807) is 0 Å². The van der Waals surface area contributed by atoms with Gasteiger partial charge in [0.1, 0.15) is 0 Å². The number of hydrogen-bond acceptors (Lipinski definition) is 3. The minimum absolute atomic E-state index is 0. The maximum Gasteiger partial charge on any atom is 0.221 e. The minimum atomic E-state index is 0. The van der Waals surface area contributed by atoms with Gasteiger partial charge in [-0.1, -0.05) is 0 Å². The maximum absolute atomic E-state index is 11.3. The Morgan fingerprint density at radius 2 is 1.76 bits per heavy atom. The van der Waals surface area contributed by atoms with Crippen molar-refractivity contribution < 1.29 is 4.79 Å². The normalized spacial score (nSPS) is 21.2. The van der Waals surface area contributed by atoms with Crippen LogP contribution in [-0.4, -0.2) is 42.5 Å². The summed E-state index contributed by atoms with van der Waals surface area (Å²) < 4.78 is 0. The first-order valence-electron chi connectivity index (χ1n) is 6.03. The number of hydrogen-bond donors (Lipinski definition) is 2. The number of rotatable bonds is 4. The van der Waals surface area contributed by atoms with Crippen molar-refractivity contribution in [1.29, 1.82) is 0 Å². The number of carbonyl (C=O) groups excluding carboxylic acids is 1. The average molecular weight is 284 g/mol. The molecule has 2 rings (SSSR count). The zero-order chi connectivity index (χ0) is 10.7. The van der Waals surface area contributed by atoms with Crippen LogP contribution in [0.5, 0.6) is 0 Å². The molecule has 4 nitrogen and oxygen atoms in total. The number of carbonyl (C=O) groups is 1. The highest BCUT2D eigenvalue weighted by molar-refractivity contribution is 5.85. The molecular formula is C11H23Cl2N3O. The van der Waals surface area contributed by atoms with E-state index >= 15 is 0 Å². The van der Waals surface area contributed by atoms with E-state index in [2.05, 4.69) is 10.2 Å². The lowest BCUT2D eigenvalue weighted by Gasteiger charge is -2.32. The summed E-state index contributed by atoms with van der Waals surface area (Å²) in [5, 5.41) is 3.05. The van der Waals surface area contributed by atoms with Crippen LogP contribution in [0, 0.1) is 0 Å². The number of likely N-dealkylation sites (tertiary alicyclic amines) is 1. The van der Waals surface area contributed by atoms with Gasteiger partial charge < -0.3 is 16.0 Å². The molecule has 0 aromatic carbocycles. The van der Waals surface area contributed by atoms with Crippen molar-refractivity contribution in [2.24, 2.45) is 5.73 Å². The van der Waals surface area contributed by atoms with Gasteiger partial charge in [0.15, 0.2) is 0 Å². The fourth-order valence-corrected chi connectivity index (χ4v) is 2.28. The standard InChI is InChI=1S/C11H21N3O.2ClH/c12-6-3-11(15)13-9-4-7-14(8-5-9)10-1-2-10;;/h9-10H,1-8,12H2,(H,13,15);2*1H. The second-order valence-electron chi connectivity index (χ2n) is 4.65. The smallest absolute Gasteiger partial charge is 0.221 e. The van der Waals surface area contributed by atoms with Gasteiger partial charge in [0.25, 0.3) is 0 Å². The Balaban J connectivity index is 0.00000128. The molecule has 6 heteroatoms. The summed E-state index contributed by atoms with van der Waals surface area (Å²) in [7, 11) is 0. The minimum Gasteiger partial charge on any atom is -0.353 e. The zero-order valence-corrected chi connectivity index (χ0v) is 11.7. The Labute approximate surface area is 115 Å². The first-order chi connectivity index (χ1) is 7.29. The predicted octanol–water partition coefficient (Wildman–Crippen LogP) is 0.922. The van der Waals surface area contributed by atoms with Crippen LogP contribution in [0.4, 0.5) is 0 Å². The van der Waals surface area contributed by atoms with E-state index in [4.69, 9.17) is 5.73 Å². The second kappa shape index (κ2) is 8.14. The Morgan fingerprint density at radius 1 is 1.18 bits per heavy atom. The fourth-order valence-electron chi connectivity index (χ4n) is 2.28. The van der Waals surface area contributed by atoms with E-state index in [0.717, 1.165) is 32.0 Å². The van der Waals surface area contributed by atoms with Gasteiger partial charge in [-0.3, -0.25) is 4.79 Å². The van der Waals surface area contributed by atoms with Crippen LogP contribution >= 0.6 is 24.8 Å². The molecule has 0 spiro atoms. The van der Waals surface area contributed by atoms with Crippen molar-refractivity contribution in [3.63, 3.8) is 0 Å². The van der Waals surface area contributed by atoms with Crippen LogP contribution in [0.2, 0.25) is 0 Å². The first-order valence-corrected chi connectivity index (χ1v) is 6.03. The molecule has 3 N–H and O–H groups in total. The summed E-state index contributed by atoms with van der Waals surface area (Å²) in [5.41, 5.74) is 5.34. The van der Waals surface area contributed by atoms with Crippen molar-refractivity contribution in [2.45, 2.75) is 44.2 Å². The van der Waals surface area contributed by atoms with Crippen LogP contribution in [0.3, 0.4) is 0 Å². The monoisotopic (exact) mass is 283 g/mol. The first kappa shape index (κ1) is 17.0. The third-order valence-electron chi connectivity index (χ3n) is 3.33. The van der Waals surface area contributed by atoms with Crippen molar-refractivity contribution >= 4 is 30.7 Å². The molecule has 1 saturated carbocycles. The number of nitrogens with zero attached hydrogens (tertiary/aromatic N) is 1. The molecule has 0 aromatic rings. The molecule has 2 aliphatic rings. The fraction of sp³-hybridized carbons (Fsp3) is 0.909. The van der Waals surface area contributed by atoms with E-state index in [-0.39, 0.29) is 30.7 Å². The van der Waals surface area contributed by atoms with Crippen molar-refractivity contribution in [1.82, 2.24) is 10.2 Å². The van der Waals surface area contributed by atoms with Crippen LogP contribution in [0.15, 0.2) is 0 Å². The molecule has 0 bridgehead atoms. The van der Waals surface area contributed by atoms with Crippen molar-refractivity contribution in [2.75, 3.05) is 19.6 Å². The third-order valence-corrected chi connectivity index (χ3v) is 3.33. The summed E-state index contributed by atoms with van der Waals surface area (Å²) in [5.74, 6) is 0.113. The largest absolute Gasteiger partial charge is 0.353 e. The molecule has 1 aliphatic heterocycles. The van der Waals surface area contributed by atoms with E-state index in [9.17, 15) is 4.79 Å². The van der Waals surface area contributed by atoms with Gasteiger partial charge in [-0.25, -0.2) is 0 Å². The predicted molar refractivity (Wildman–Crippen MR) is 73.9 cm³/mol. The Bertz CT molecular complexity index is 229. The molecule has 1 heterocycles. The van der Waals surface area contributed by atoms with Crippen molar-refractivity contribution in [3.8, 4) is 0 Å². The molecule has 1 aliphatic carbocycles. The van der Waals surface area contributed by atoms with Gasteiger partial charge in [-0.2, -0.15) is 0 Å². The molecule has 17 heavy (non-hydrogen) atoms. The summed E-state index contributed by atoms with van der Waals surface area (Å²) in [4.78, 5) is 13.9. The Kier molecular flexibility index (Phi) is 8.12. The number of nitrogens with one attached hydrogen (secondary N) is 1. The zero-order valence-electron chi connectivity index (χ0n) is 10.1. The maximum atomic E-state index is 11.3. The van der Waals surface area contributed by atoms with Gasteiger partial charge in [0, 0.05) is 38.1 Å². The molecule has 0 aromatic heterocycles. The highest BCUT2D eigenvalue weighted by atomic mass is 35.5. The molecule has 0 radical (unpaired) electrons. The quantitative estimate of drug-likeness (QED) is 0.807. The molecule has 1 saturated heterocycles. The van der Waals surface area contributed by atoms with E-state index < -0.39 is 0 Å². The van der Waals surface area contributed by atoms with Gasteiger partial charge in [-0.15, -0.1) is 24.8 Å². The van der Waals surface area contributed by atoms with Crippen LogP contribution < -0.4 is 11.1 Å². The molecule has 102 valence electrons. The Morgan fingerprint density at radius 3 is 2.24 bits per heavy atom. The highest BCUT2D eigenvalue weighted by Crippen LogP contribution is 2.29. The van der Waals surface area contributed by atoms with Gasteiger partial charge in [0.2, 0.25) is 5.91 Å². The lowest BCUT2D eigenvalue weighted by atomic mass is 10.0. The number of halogens is 2. The van der Waals surface area contributed by atoms with Crippen LogP contribution in [0.25, 0.3) is 0 Å². The second-order valence-corrected chi connectivity index (χ2v) is 4.65. The van der Waals surface area contributed by atoms with E-state index in [0.29, 0.717) is 19.0 Å². The molecule has 2 fully saturated rings. The average Bonchev–Trinajstić information content (AvgIpc) is 3.03. The number of piperidine rings is 1. The summed E-state index contributed by atoms with van der Waals surface area (Å²) >= 11 is 0. The lowest BCUT2D eigenvalue weighted by Crippen LogP contribution is -2.45. The highest BCUT2D eigenvalue weighted by Gasteiger charge is 2.31. The lowest BCUT2D eigenvalue weighted by molar-refractivity contribution is -0.121. The van der Waals surface area contributed by atoms with E-state index in [1.807, 2.05) is 0 Å².